The summed E-state index contributed by atoms with van der Waals surface area (Å²) in [6, 6.07) is 25.2. The Kier molecular flexibility index (Phi) is 6.48. The van der Waals surface area contributed by atoms with Crippen LogP contribution in [0.2, 0.25) is 19.6 Å². The lowest BCUT2D eigenvalue weighted by atomic mass is 9.98. The summed E-state index contributed by atoms with van der Waals surface area (Å²) in [4.78, 5) is 12.2. The highest BCUT2D eigenvalue weighted by molar-refractivity contribution is 6.88. The molecule has 4 heteroatoms. The number of amides is 1. The van der Waals surface area contributed by atoms with Gasteiger partial charge in [0.05, 0.1) is 8.07 Å². The first-order chi connectivity index (χ1) is 15.4. The molecular weight excluding hydrogens is 410 g/mol. The minimum absolute atomic E-state index is 0.0755. The van der Waals surface area contributed by atoms with Crippen LogP contribution in [0.5, 0.6) is 0 Å². The second-order valence-electron chi connectivity index (χ2n) is 9.13. The summed E-state index contributed by atoms with van der Waals surface area (Å²) in [5.74, 6) is 6.44. The van der Waals surface area contributed by atoms with Crippen molar-refractivity contribution in [3.63, 3.8) is 0 Å². The molecule has 1 aliphatic carbocycles. The minimum atomic E-state index is -1.34. The van der Waals surface area contributed by atoms with Crippen LogP contribution in [-0.2, 0) is 4.74 Å². The van der Waals surface area contributed by atoms with Gasteiger partial charge in [0.1, 0.15) is 6.61 Å². The van der Waals surface area contributed by atoms with Crippen LogP contribution >= 0.6 is 0 Å². The zero-order valence-corrected chi connectivity index (χ0v) is 19.9. The second kappa shape index (κ2) is 9.46. The normalized spacial score (nSPS) is 12.3. The van der Waals surface area contributed by atoms with Crippen LogP contribution in [0.4, 0.5) is 4.79 Å². The van der Waals surface area contributed by atoms with E-state index in [1.807, 2.05) is 30.3 Å². The SMILES string of the molecule is C[Si](C)(C)c1cccc(C#CCCNC(=O)OCC2c3ccccc3-c3ccccc32)c1. The molecule has 1 N–H and O–H groups in total. The number of hydrogen-bond donors (Lipinski definition) is 1. The van der Waals surface area contributed by atoms with E-state index in [2.05, 4.69) is 79.3 Å². The van der Waals surface area contributed by atoms with Crippen molar-refractivity contribution in [2.45, 2.75) is 32.0 Å². The average Bonchev–Trinajstić information content (AvgIpc) is 3.11. The molecule has 3 nitrogen and oxygen atoms in total. The van der Waals surface area contributed by atoms with Crippen LogP contribution in [0.1, 0.15) is 29.0 Å². The summed E-state index contributed by atoms with van der Waals surface area (Å²) in [6.45, 7) is 7.79. The lowest BCUT2D eigenvalue weighted by Gasteiger charge is -2.16. The highest BCUT2D eigenvalue weighted by atomic mass is 28.3. The Morgan fingerprint density at radius 3 is 2.25 bits per heavy atom. The molecule has 0 fully saturated rings. The molecule has 0 radical (unpaired) electrons. The van der Waals surface area contributed by atoms with E-state index >= 15 is 0 Å². The summed E-state index contributed by atoms with van der Waals surface area (Å²) in [5.41, 5.74) is 5.92. The number of hydrogen-bond acceptors (Lipinski definition) is 2. The Labute approximate surface area is 191 Å². The van der Waals surface area contributed by atoms with E-state index in [9.17, 15) is 4.79 Å². The van der Waals surface area contributed by atoms with Crippen molar-refractivity contribution >= 4 is 19.4 Å². The zero-order chi connectivity index (χ0) is 22.6. The van der Waals surface area contributed by atoms with Crippen LogP contribution in [0.25, 0.3) is 11.1 Å². The van der Waals surface area contributed by atoms with E-state index in [0.29, 0.717) is 19.6 Å². The first-order valence-electron chi connectivity index (χ1n) is 11.1. The van der Waals surface area contributed by atoms with Crippen LogP contribution < -0.4 is 10.5 Å². The zero-order valence-electron chi connectivity index (χ0n) is 18.9. The number of nitrogens with one attached hydrogen (secondary N) is 1. The minimum Gasteiger partial charge on any atom is -0.449 e. The molecule has 4 rings (SSSR count). The summed E-state index contributed by atoms with van der Waals surface area (Å²) in [7, 11) is -1.34. The number of benzene rings is 3. The van der Waals surface area contributed by atoms with Crippen LogP contribution in [0, 0.1) is 11.8 Å². The third-order valence-electron chi connectivity index (χ3n) is 5.82. The maximum atomic E-state index is 12.2. The van der Waals surface area contributed by atoms with E-state index in [4.69, 9.17) is 4.74 Å². The van der Waals surface area contributed by atoms with Crippen molar-refractivity contribution < 1.29 is 9.53 Å². The molecule has 0 aliphatic heterocycles. The van der Waals surface area contributed by atoms with E-state index < -0.39 is 14.2 Å². The molecule has 0 aromatic heterocycles. The van der Waals surface area contributed by atoms with Crippen molar-refractivity contribution in [2.24, 2.45) is 0 Å². The molecule has 0 saturated carbocycles. The molecule has 3 aromatic carbocycles. The number of alkyl carbamates (subject to hydrolysis) is 1. The molecular formula is C28H29NO2Si. The van der Waals surface area contributed by atoms with E-state index in [0.717, 1.165) is 5.56 Å². The third kappa shape index (κ3) is 4.95. The van der Waals surface area contributed by atoms with Crippen molar-refractivity contribution in [3.8, 4) is 23.0 Å². The van der Waals surface area contributed by atoms with Gasteiger partial charge in [-0.15, -0.1) is 0 Å². The van der Waals surface area contributed by atoms with Gasteiger partial charge in [0.25, 0.3) is 0 Å². The number of carbonyl (C=O) groups excluding carboxylic acids is 1. The summed E-state index contributed by atoms with van der Waals surface area (Å²) < 4.78 is 5.56. The fourth-order valence-electron chi connectivity index (χ4n) is 4.10. The Balaban J connectivity index is 1.28. The van der Waals surface area contributed by atoms with Crippen LogP contribution in [0.15, 0.2) is 72.8 Å². The predicted octanol–water partition coefficient (Wildman–Crippen LogP) is 5.51. The van der Waals surface area contributed by atoms with Crippen molar-refractivity contribution in [2.75, 3.05) is 13.2 Å². The fourth-order valence-corrected chi connectivity index (χ4v) is 5.29. The molecule has 0 heterocycles. The Morgan fingerprint density at radius 2 is 1.59 bits per heavy atom. The smallest absolute Gasteiger partial charge is 0.407 e. The molecule has 3 aromatic rings. The van der Waals surface area contributed by atoms with Crippen molar-refractivity contribution in [3.05, 3.63) is 89.5 Å². The highest BCUT2D eigenvalue weighted by Crippen LogP contribution is 2.44. The lowest BCUT2D eigenvalue weighted by Crippen LogP contribution is -2.37. The Bertz CT molecular complexity index is 1140. The van der Waals surface area contributed by atoms with E-state index in [1.165, 1.54) is 27.4 Å². The number of carbonyl (C=O) groups is 1. The quantitative estimate of drug-likeness (QED) is 0.323. The monoisotopic (exact) mass is 439 g/mol. The van der Waals surface area contributed by atoms with Gasteiger partial charge in [0.2, 0.25) is 0 Å². The third-order valence-corrected chi connectivity index (χ3v) is 7.87. The van der Waals surface area contributed by atoms with Gasteiger partial charge in [-0.2, -0.15) is 0 Å². The van der Waals surface area contributed by atoms with Gasteiger partial charge < -0.3 is 10.1 Å². The molecule has 32 heavy (non-hydrogen) atoms. The largest absolute Gasteiger partial charge is 0.449 e. The number of rotatable bonds is 5. The summed E-state index contributed by atoms with van der Waals surface area (Å²) in [6.07, 6.45) is 0.191. The molecule has 0 unspecified atom stereocenters. The van der Waals surface area contributed by atoms with Gasteiger partial charge in [0.15, 0.2) is 0 Å². The maximum Gasteiger partial charge on any atom is 0.407 e. The van der Waals surface area contributed by atoms with Crippen LogP contribution in [-0.4, -0.2) is 27.3 Å². The number of ether oxygens (including phenoxy) is 1. The lowest BCUT2D eigenvalue weighted by molar-refractivity contribution is 0.143. The first-order valence-corrected chi connectivity index (χ1v) is 14.6. The molecule has 0 saturated heterocycles. The van der Waals surface area contributed by atoms with Crippen molar-refractivity contribution in [1.82, 2.24) is 5.32 Å². The van der Waals surface area contributed by atoms with Gasteiger partial charge in [-0.3, -0.25) is 0 Å². The average molecular weight is 440 g/mol. The molecule has 1 aliphatic rings. The fraction of sp³-hybridized carbons (Fsp3) is 0.250. The Hall–Kier alpha value is -3.29. The van der Waals surface area contributed by atoms with Crippen LogP contribution in [0.3, 0.4) is 0 Å². The molecule has 1 amide bonds. The highest BCUT2D eigenvalue weighted by Gasteiger charge is 2.28. The summed E-state index contributed by atoms with van der Waals surface area (Å²) in [5, 5.41) is 4.22. The second-order valence-corrected chi connectivity index (χ2v) is 14.2. The van der Waals surface area contributed by atoms with Gasteiger partial charge in [-0.1, -0.05) is 97.3 Å². The molecule has 0 bridgehead atoms. The summed E-state index contributed by atoms with van der Waals surface area (Å²) >= 11 is 0. The van der Waals surface area contributed by atoms with Gasteiger partial charge in [0, 0.05) is 24.4 Å². The predicted molar refractivity (Wildman–Crippen MR) is 134 cm³/mol. The number of fused-ring (bicyclic) bond motifs is 3. The van der Waals surface area contributed by atoms with E-state index in [-0.39, 0.29) is 5.92 Å². The van der Waals surface area contributed by atoms with Gasteiger partial charge in [-0.05, 0) is 34.4 Å². The van der Waals surface area contributed by atoms with Crippen molar-refractivity contribution in [1.29, 1.82) is 0 Å². The van der Waals surface area contributed by atoms with Gasteiger partial charge in [-0.25, -0.2) is 4.79 Å². The molecule has 0 spiro atoms. The topological polar surface area (TPSA) is 38.3 Å². The van der Waals surface area contributed by atoms with E-state index in [1.54, 1.807) is 0 Å². The molecule has 0 atom stereocenters. The maximum absolute atomic E-state index is 12.2. The van der Waals surface area contributed by atoms with Gasteiger partial charge >= 0.3 is 6.09 Å². The standard InChI is InChI=1S/C28H29NO2Si/c1-32(2,3)22-13-10-12-21(19-22)11-8-9-18-29-28(30)31-20-27-25-16-6-4-14-23(25)24-15-5-7-17-26(24)27/h4-7,10,12-17,19,27H,9,18,20H2,1-3H3,(H,29,30). The molecule has 162 valence electrons. The first kappa shape index (κ1) is 21.9. The Morgan fingerprint density at radius 1 is 0.938 bits per heavy atom.